The minimum absolute atomic E-state index is 0.0586. The predicted octanol–water partition coefficient (Wildman–Crippen LogP) is 4.09. The lowest BCUT2D eigenvalue weighted by atomic mass is 10.1. The summed E-state index contributed by atoms with van der Waals surface area (Å²) in [5.74, 6) is 0.952. The maximum absolute atomic E-state index is 13.4. The SMILES string of the molecule is CN1CCN(CCCOc2ccc(Cc3cc(N=Cc4c(O)[nH]c5cc(F)ccc45)n[nH]3)cc2)CC1. The second-order valence-corrected chi connectivity index (χ2v) is 9.25. The predicted molar refractivity (Wildman–Crippen MR) is 139 cm³/mol. The van der Waals surface area contributed by atoms with Crippen molar-refractivity contribution in [1.29, 1.82) is 0 Å². The van der Waals surface area contributed by atoms with Crippen molar-refractivity contribution in [3.63, 3.8) is 0 Å². The van der Waals surface area contributed by atoms with Gasteiger partial charge in [-0.2, -0.15) is 5.10 Å². The Balaban J connectivity index is 1.11. The number of hydrogen-bond donors (Lipinski definition) is 3. The molecule has 0 bridgehead atoms. The van der Waals surface area contributed by atoms with Crippen LogP contribution in [0.25, 0.3) is 10.9 Å². The fraction of sp³-hybridized carbons (Fsp3) is 0.333. The monoisotopic (exact) mass is 490 g/mol. The molecule has 1 aliphatic heterocycles. The van der Waals surface area contributed by atoms with Gasteiger partial charge in [-0.15, -0.1) is 0 Å². The maximum Gasteiger partial charge on any atom is 0.198 e. The minimum atomic E-state index is -0.370. The smallest absolute Gasteiger partial charge is 0.198 e. The Kier molecular flexibility index (Phi) is 7.29. The van der Waals surface area contributed by atoms with Gasteiger partial charge in [0.05, 0.1) is 17.7 Å². The number of hydrogen-bond acceptors (Lipinski definition) is 6. The third-order valence-electron chi connectivity index (χ3n) is 6.52. The van der Waals surface area contributed by atoms with Gasteiger partial charge < -0.3 is 24.6 Å². The zero-order valence-electron chi connectivity index (χ0n) is 20.4. The number of benzene rings is 2. The molecule has 0 atom stereocenters. The van der Waals surface area contributed by atoms with Crippen LogP contribution in [-0.2, 0) is 6.42 Å². The van der Waals surface area contributed by atoms with Gasteiger partial charge in [0.25, 0.3) is 0 Å². The van der Waals surface area contributed by atoms with Crippen molar-refractivity contribution in [3.8, 4) is 11.6 Å². The van der Waals surface area contributed by atoms with E-state index in [4.69, 9.17) is 4.74 Å². The zero-order chi connectivity index (χ0) is 24.9. The van der Waals surface area contributed by atoms with E-state index in [1.54, 1.807) is 6.07 Å². The van der Waals surface area contributed by atoms with Crippen molar-refractivity contribution in [1.82, 2.24) is 25.0 Å². The van der Waals surface area contributed by atoms with Gasteiger partial charge in [-0.3, -0.25) is 5.10 Å². The average Bonchev–Trinajstić information content (AvgIpc) is 3.45. The van der Waals surface area contributed by atoms with Crippen LogP contribution in [0.3, 0.4) is 0 Å². The van der Waals surface area contributed by atoms with E-state index in [0.29, 0.717) is 35.3 Å². The largest absolute Gasteiger partial charge is 0.494 e. The van der Waals surface area contributed by atoms with Crippen LogP contribution >= 0.6 is 0 Å². The molecule has 1 aliphatic rings. The number of H-pyrrole nitrogens is 2. The van der Waals surface area contributed by atoms with Crippen LogP contribution in [0.2, 0.25) is 0 Å². The molecule has 5 rings (SSSR count). The maximum atomic E-state index is 13.4. The topological polar surface area (TPSA) is 92.8 Å². The molecule has 0 amide bonds. The van der Waals surface area contributed by atoms with Crippen LogP contribution in [0.5, 0.6) is 11.6 Å². The van der Waals surface area contributed by atoms with Gasteiger partial charge in [-0.05, 0) is 49.4 Å². The summed E-state index contributed by atoms with van der Waals surface area (Å²) in [6.45, 7) is 6.35. The molecule has 3 N–H and O–H groups in total. The minimum Gasteiger partial charge on any atom is -0.494 e. The number of fused-ring (bicyclic) bond motifs is 1. The van der Waals surface area contributed by atoms with E-state index in [0.717, 1.165) is 56.2 Å². The highest BCUT2D eigenvalue weighted by Crippen LogP contribution is 2.27. The molecule has 188 valence electrons. The molecule has 1 saturated heterocycles. The van der Waals surface area contributed by atoms with Gasteiger partial charge in [0.15, 0.2) is 11.7 Å². The fourth-order valence-corrected chi connectivity index (χ4v) is 4.42. The third kappa shape index (κ3) is 5.92. The number of aromatic hydroxyl groups is 1. The first-order valence-electron chi connectivity index (χ1n) is 12.2. The Labute approximate surface area is 209 Å². The Morgan fingerprint density at radius 1 is 1.11 bits per heavy atom. The van der Waals surface area contributed by atoms with Gasteiger partial charge in [-0.1, -0.05) is 12.1 Å². The van der Waals surface area contributed by atoms with E-state index in [2.05, 4.69) is 49.2 Å². The number of rotatable bonds is 9. The Morgan fingerprint density at radius 3 is 2.72 bits per heavy atom. The van der Waals surface area contributed by atoms with E-state index in [1.807, 2.05) is 18.2 Å². The standard InChI is InChI=1S/C27H31FN6O2/c1-33-10-12-34(13-11-33)9-2-14-36-22-6-3-19(4-7-22)15-21-17-26(32-31-21)29-18-24-23-8-5-20(28)16-25(23)30-27(24)35/h3-8,16-18,30,35H,2,9-15H2,1H3,(H,31,32). The number of halogens is 1. The van der Waals surface area contributed by atoms with Gasteiger partial charge >= 0.3 is 0 Å². The highest BCUT2D eigenvalue weighted by Gasteiger charge is 2.13. The lowest BCUT2D eigenvalue weighted by Crippen LogP contribution is -2.44. The molecule has 36 heavy (non-hydrogen) atoms. The van der Waals surface area contributed by atoms with Crippen LogP contribution in [0.4, 0.5) is 10.2 Å². The normalized spacial score (nSPS) is 15.3. The van der Waals surface area contributed by atoms with Crippen LogP contribution in [0.15, 0.2) is 53.5 Å². The summed E-state index contributed by atoms with van der Waals surface area (Å²) in [6.07, 6.45) is 3.24. The number of aromatic nitrogens is 3. The summed E-state index contributed by atoms with van der Waals surface area (Å²) in [5.41, 5.74) is 3.07. The molecule has 1 fully saturated rings. The molecule has 0 aliphatic carbocycles. The van der Waals surface area contributed by atoms with Crippen LogP contribution < -0.4 is 4.74 Å². The lowest BCUT2D eigenvalue weighted by Gasteiger charge is -2.32. The second kappa shape index (κ2) is 10.9. The number of aliphatic imine (C=N–C) groups is 1. The lowest BCUT2D eigenvalue weighted by molar-refractivity contribution is 0.145. The molecular weight excluding hydrogens is 459 g/mol. The van der Waals surface area contributed by atoms with E-state index >= 15 is 0 Å². The first-order chi connectivity index (χ1) is 17.5. The fourth-order valence-electron chi connectivity index (χ4n) is 4.42. The first kappa shape index (κ1) is 24.0. The zero-order valence-corrected chi connectivity index (χ0v) is 20.4. The molecule has 0 radical (unpaired) electrons. The molecule has 9 heteroatoms. The van der Waals surface area contributed by atoms with Crippen molar-refractivity contribution in [2.24, 2.45) is 4.99 Å². The van der Waals surface area contributed by atoms with Crippen LogP contribution in [-0.4, -0.2) is 82.7 Å². The molecule has 4 aromatic rings. The summed E-state index contributed by atoms with van der Waals surface area (Å²) >= 11 is 0. The molecule has 0 spiro atoms. The number of nitrogens with zero attached hydrogens (tertiary/aromatic N) is 4. The van der Waals surface area contributed by atoms with E-state index in [1.165, 1.54) is 18.3 Å². The Bertz CT molecular complexity index is 1320. The molecular formula is C27H31FN6O2. The third-order valence-corrected chi connectivity index (χ3v) is 6.52. The summed E-state index contributed by atoms with van der Waals surface area (Å²) in [7, 11) is 2.17. The van der Waals surface area contributed by atoms with Gasteiger partial charge in [0.2, 0.25) is 0 Å². The summed E-state index contributed by atoms with van der Waals surface area (Å²) in [6, 6.07) is 14.3. The number of ether oxygens (including phenoxy) is 1. The first-order valence-corrected chi connectivity index (χ1v) is 12.2. The molecule has 0 saturated carbocycles. The average molecular weight is 491 g/mol. The van der Waals surface area contributed by atoms with Crippen molar-refractivity contribution >= 4 is 22.9 Å². The number of aromatic amines is 2. The summed E-state index contributed by atoms with van der Waals surface area (Å²) in [4.78, 5) is 12.0. The molecule has 3 heterocycles. The number of piperazine rings is 1. The van der Waals surface area contributed by atoms with E-state index in [-0.39, 0.29) is 11.7 Å². The van der Waals surface area contributed by atoms with E-state index < -0.39 is 0 Å². The Morgan fingerprint density at radius 2 is 1.92 bits per heavy atom. The highest BCUT2D eigenvalue weighted by molar-refractivity contribution is 6.02. The highest BCUT2D eigenvalue weighted by atomic mass is 19.1. The Hall–Kier alpha value is -3.69. The molecule has 8 nitrogen and oxygen atoms in total. The van der Waals surface area contributed by atoms with E-state index in [9.17, 15) is 9.50 Å². The van der Waals surface area contributed by atoms with Crippen molar-refractivity contribution in [2.75, 3.05) is 46.4 Å². The van der Waals surface area contributed by atoms with Crippen LogP contribution in [0.1, 0.15) is 23.2 Å². The molecule has 0 unspecified atom stereocenters. The summed E-state index contributed by atoms with van der Waals surface area (Å²) in [5, 5.41) is 18.1. The molecule has 2 aromatic heterocycles. The van der Waals surface area contributed by atoms with Gasteiger partial charge in [0.1, 0.15) is 11.6 Å². The number of likely N-dealkylation sites (N-methyl/N-ethyl adjacent to an activating group) is 1. The van der Waals surface area contributed by atoms with Crippen molar-refractivity contribution in [3.05, 3.63) is 71.2 Å². The molecule has 2 aromatic carbocycles. The second-order valence-electron chi connectivity index (χ2n) is 9.25. The van der Waals surface area contributed by atoms with Gasteiger partial charge in [0, 0.05) is 62.5 Å². The van der Waals surface area contributed by atoms with Gasteiger partial charge in [-0.25, -0.2) is 9.38 Å². The summed E-state index contributed by atoms with van der Waals surface area (Å²) < 4.78 is 19.3. The van der Waals surface area contributed by atoms with Crippen LogP contribution in [0, 0.1) is 5.82 Å². The van der Waals surface area contributed by atoms with Crippen molar-refractivity contribution in [2.45, 2.75) is 12.8 Å². The number of nitrogens with one attached hydrogen (secondary N) is 2. The quantitative estimate of drug-likeness (QED) is 0.243. The van der Waals surface area contributed by atoms with Crippen molar-refractivity contribution < 1.29 is 14.2 Å².